The van der Waals surface area contributed by atoms with E-state index in [1.54, 1.807) is 19.1 Å². The van der Waals surface area contributed by atoms with E-state index < -0.39 is 15.8 Å². The normalized spacial score (nSPS) is 11.3. The molecule has 20 heavy (non-hydrogen) atoms. The van der Waals surface area contributed by atoms with Crippen molar-refractivity contribution in [3.8, 4) is 0 Å². The Labute approximate surface area is 117 Å². The van der Waals surface area contributed by atoms with Crippen LogP contribution in [0, 0.1) is 12.7 Å². The highest BCUT2D eigenvalue weighted by Gasteiger charge is 2.17. The number of hydrogen-bond donors (Lipinski definition) is 2. The summed E-state index contributed by atoms with van der Waals surface area (Å²) in [5.74, 6) is -0.502. The topological polar surface area (TPSA) is 72.2 Å². The van der Waals surface area contributed by atoms with Crippen LogP contribution in [0.4, 0.5) is 10.1 Å². The first-order valence-electron chi connectivity index (χ1n) is 6.00. The monoisotopic (exact) mass is 294 g/mol. The summed E-state index contributed by atoms with van der Waals surface area (Å²) in [6, 6.07) is 10.3. The summed E-state index contributed by atoms with van der Waals surface area (Å²) in [4.78, 5) is 0.143. The Morgan fingerprint density at radius 2 is 1.95 bits per heavy atom. The van der Waals surface area contributed by atoms with Crippen LogP contribution in [0.25, 0.3) is 0 Å². The zero-order valence-electron chi connectivity index (χ0n) is 10.9. The smallest absolute Gasteiger partial charge is 0.262 e. The highest BCUT2D eigenvalue weighted by Crippen LogP contribution is 2.21. The van der Waals surface area contributed by atoms with Gasteiger partial charge >= 0.3 is 0 Å². The van der Waals surface area contributed by atoms with E-state index in [2.05, 4.69) is 4.72 Å². The Balaban J connectivity index is 2.40. The van der Waals surface area contributed by atoms with E-state index in [1.807, 2.05) is 0 Å². The van der Waals surface area contributed by atoms with E-state index in [4.69, 9.17) is 5.73 Å². The number of hydrogen-bond acceptors (Lipinski definition) is 3. The molecular weight excluding hydrogens is 279 g/mol. The molecule has 0 heterocycles. The molecule has 0 unspecified atom stereocenters. The molecule has 0 atom stereocenters. The molecule has 0 fully saturated rings. The van der Waals surface area contributed by atoms with Crippen molar-refractivity contribution in [2.24, 2.45) is 5.73 Å². The van der Waals surface area contributed by atoms with Crippen molar-refractivity contribution in [3.05, 3.63) is 59.4 Å². The molecule has 2 rings (SSSR count). The van der Waals surface area contributed by atoms with Crippen LogP contribution in [-0.4, -0.2) is 8.42 Å². The molecule has 4 nitrogen and oxygen atoms in total. The van der Waals surface area contributed by atoms with Gasteiger partial charge in [-0.3, -0.25) is 4.72 Å². The average molecular weight is 294 g/mol. The third kappa shape index (κ3) is 3.15. The van der Waals surface area contributed by atoms with E-state index >= 15 is 0 Å². The van der Waals surface area contributed by atoms with Gasteiger partial charge in [-0.25, -0.2) is 12.8 Å². The zero-order valence-corrected chi connectivity index (χ0v) is 11.7. The fourth-order valence-electron chi connectivity index (χ4n) is 1.82. The highest BCUT2D eigenvalue weighted by molar-refractivity contribution is 7.92. The second-order valence-corrected chi connectivity index (χ2v) is 6.07. The number of anilines is 1. The van der Waals surface area contributed by atoms with E-state index in [0.717, 1.165) is 11.6 Å². The molecule has 0 aliphatic carbocycles. The maximum absolute atomic E-state index is 13.1. The molecule has 0 radical (unpaired) electrons. The van der Waals surface area contributed by atoms with Crippen molar-refractivity contribution in [2.75, 3.05) is 4.72 Å². The summed E-state index contributed by atoms with van der Waals surface area (Å²) >= 11 is 0. The quantitative estimate of drug-likeness (QED) is 0.909. The summed E-state index contributed by atoms with van der Waals surface area (Å²) in [6.45, 7) is 1.95. The molecule has 0 aliphatic heterocycles. The predicted octanol–water partition coefficient (Wildman–Crippen LogP) is 2.39. The minimum absolute atomic E-state index is 0.143. The number of nitrogens with one attached hydrogen (secondary N) is 1. The number of nitrogens with two attached hydrogens (primary N) is 1. The highest BCUT2D eigenvalue weighted by atomic mass is 32.2. The first-order chi connectivity index (χ1) is 9.42. The zero-order chi connectivity index (χ0) is 14.8. The van der Waals surface area contributed by atoms with E-state index in [0.29, 0.717) is 5.56 Å². The van der Waals surface area contributed by atoms with Crippen LogP contribution in [0.2, 0.25) is 0 Å². The average Bonchev–Trinajstić information content (AvgIpc) is 2.38. The molecule has 0 saturated carbocycles. The Morgan fingerprint density at radius 3 is 2.60 bits per heavy atom. The van der Waals surface area contributed by atoms with Crippen LogP contribution in [0.1, 0.15) is 11.1 Å². The predicted molar refractivity (Wildman–Crippen MR) is 76.3 cm³/mol. The van der Waals surface area contributed by atoms with Crippen LogP contribution < -0.4 is 10.5 Å². The van der Waals surface area contributed by atoms with Crippen molar-refractivity contribution in [1.29, 1.82) is 0 Å². The summed E-state index contributed by atoms with van der Waals surface area (Å²) in [7, 11) is -3.77. The molecule has 0 amide bonds. The molecular formula is C14H15FN2O2S. The third-order valence-electron chi connectivity index (χ3n) is 2.85. The Bertz CT molecular complexity index is 730. The summed E-state index contributed by atoms with van der Waals surface area (Å²) < 4.78 is 40.1. The van der Waals surface area contributed by atoms with Crippen molar-refractivity contribution >= 4 is 15.7 Å². The first kappa shape index (κ1) is 14.5. The fraction of sp³-hybridized carbons (Fsp3) is 0.143. The lowest BCUT2D eigenvalue weighted by Gasteiger charge is -2.11. The van der Waals surface area contributed by atoms with Gasteiger partial charge in [-0.1, -0.05) is 18.2 Å². The van der Waals surface area contributed by atoms with Gasteiger partial charge in [0, 0.05) is 6.54 Å². The minimum Gasteiger partial charge on any atom is -0.326 e. The van der Waals surface area contributed by atoms with Gasteiger partial charge in [-0.2, -0.15) is 0 Å². The molecule has 0 aliphatic rings. The van der Waals surface area contributed by atoms with Crippen LogP contribution in [0.3, 0.4) is 0 Å². The van der Waals surface area contributed by atoms with Crippen molar-refractivity contribution < 1.29 is 12.8 Å². The maximum Gasteiger partial charge on any atom is 0.262 e. The lowest BCUT2D eigenvalue weighted by Crippen LogP contribution is -2.15. The molecule has 6 heteroatoms. The maximum atomic E-state index is 13.1. The number of aryl methyl sites for hydroxylation is 1. The Hall–Kier alpha value is -1.92. The summed E-state index contributed by atoms with van der Waals surface area (Å²) in [6.07, 6.45) is 0. The minimum atomic E-state index is -3.77. The number of rotatable bonds is 4. The van der Waals surface area contributed by atoms with Crippen LogP contribution in [0.5, 0.6) is 0 Å². The Kier molecular flexibility index (Phi) is 4.06. The SMILES string of the molecule is Cc1ccc(CN)cc1S(=O)(=O)Nc1cccc(F)c1. The summed E-state index contributed by atoms with van der Waals surface area (Å²) in [5, 5.41) is 0. The van der Waals surface area contributed by atoms with Crippen molar-refractivity contribution in [3.63, 3.8) is 0 Å². The molecule has 0 spiro atoms. The standard InChI is InChI=1S/C14H15FN2O2S/c1-10-5-6-11(9-16)7-14(10)20(18,19)17-13-4-2-3-12(15)8-13/h2-8,17H,9,16H2,1H3. The van der Waals surface area contributed by atoms with Gasteiger partial charge in [0.05, 0.1) is 10.6 Å². The Morgan fingerprint density at radius 1 is 1.20 bits per heavy atom. The second-order valence-electron chi connectivity index (χ2n) is 4.42. The van der Waals surface area contributed by atoms with Crippen LogP contribution in [-0.2, 0) is 16.6 Å². The van der Waals surface area contributed by atoms with Crippen LogP contribution >= 0.6 is 0 Å². The third-order valence-corrected chi connectivity index (χ3v) is 4.38. The molecule has 106 valence electrons. The number of sulfonamides is 1. The molecule has 2 aromatic carbocycles. The molecule has 0 saturated heterocycles. The lowest BCUT2D eigenvalue weighted by molar-refractivity contribution is 0.600. The largest absolute Gasteiger partial charge is 0.326 e. The van der Waals surface area contributed by atoms with Gasteiger partial charge in [-0.05, 0) is 42.3 Å². The summed E-state index contributed by atoms with van der Waals surface area (Å²) in [5.41, 5.74) is 7.02. The number of halogens is 1. The van der Waals surface area contributed by atoms with Gasteiger partial charge in [0.2, 0.25) is 0 Å². The van der Waals surface area contributed by atoms with E-state index in [1.165, 1.54) is 24.3 Å². The van der Waals surface area contributed by atoms with E-state index in [-0.39, 0.29) is 17.1 Å². The van der Waals surface area contributed by atoms with E-state index in [9.17, 15) is 12.8 Å². The first-order valence-corrected chi connectivity index (χ1v) is 7.48. The molecule has 0 aromatic heterocycles. The van der Waals surface area contributed by atoms with Gasteiger partial charge < -0.3 is 5.73 Å². The van der Waals surface area contributed by atoms with Gasteiger partial charge in [0.25, 0.3) is 10.0 Å². The van der Waals surface area contributed by atoms with Crippen molar-refractivity contribution in [1.82, 2.24) is 0 Å². The molecule has 2 aromatic rings. The van der Waals surface area contributed by atoms with Crippen LogP contribution in [0.15, 0.2) is 47.4 Å². The number of benzene rings is 2. The molecule has 3 N–H and O–H groups in total. The second kappa shape index (κ2) is 5.60. The molecule has 0 bridgehead atoms. The van der Waals surface area contributed by atoms with Gasteiger partial charge in [0.1, 0.15) is 5.82 Å². The van der Waals surface area contributed by atoms with Gasteiger partial charge in [0.15, 0.2) is 0 Å². The van der Waals surface area contributed by atoms with Crippen molar-refractivity contribution in [2.45, 2.75) is 18.4 Å². The lowest BCUT2D eigenvalue weighted by atomic mass is 10.1. The van der Waals surface area contributed by atoms with Gasteiger partial charge in [-0.15, -0.1) is 0 Å². The fourth-order valence-corrected chi connectivity index (χ4v) is 3.17.